The second-order valence-electron chi connectivity index (χ2n) is 5.93. The van der Waals surface area contributed by atoms with Gasteiger partial charge in [0.25, 0.3) is 5.69 Å². The Bertz CT molecular complexity index is 1080. The quantitative estimate of drug-likeness (QED) is 0.273. The zero-order chi connectivity index (χ0) is 21.0. The molecule has 11 heteroatoms. The molecule has 0 bridgehead atoms. The van der Waals surface area contributed by atoms with Crippen LogP contribution >= 0.6 is 39.3 Å². The van der Waals surface area contributed by atoms with Gasteiger partial charge < -0.3 is 14.6 Å². The van der Waals surface area contributed by atoms with Crippen molar-refractivity contribution >= 4 is 67.6 Å². The van der Waals surface area contributed by atoms with Gasteiger partial charge in [0.1, 0.15) is 0 Å². The number of carbonyl (C=O) groups excluding carboxylic acids is 1. The van der Waals surface area contributed by atoms with E-state index in [1.54, 1.807) is 19.2 Å². The van der Waals surface area contributed by atoms with Crippen molar-refractivity contribution in [3.05, 3.63) is 56.0 Å². The Labute approximate surface area is 183 Å². The van der Waals surface area contributed by atoms with Gasteiger partial charge in [0.05, 0.1) is 34.0 Å². The number of methoxy groups -OCH3 is 1. The van der Waals surface area contributed by atoms with Crippen molar-refractivity contribution in [1.29, 1.82) is 0 Å². The number of non-ortho nitro benzene ring substituents is 1. The fourth-order valence-electron chi connectivity index (χ4n) is 2.63. The van der Waals surface area contributed by atoms with E-state index in [-0.39, 0.29) is 17.3 Å². The van der Waals surface area contributed by atoms with E-state index in [9.17, 15) is 14.9 Å². The number of ether oxygens (including phenoxy) is 1. The van der Waals surface area contributed by atoms with Crippen molar-refractivity contribution in [2.24, 2.45) is 0 Å². The van der Waals surface area contributed by atoms with Crippen LogP contribution in [-0.4, -0.2) is 39.9 Å². The van der Waals surface area contributed by atoms with Gasteiger partial charge in [-0.2, -0.15) is 0 Å². The molecule has 0 spiro atoms. The number of aromatic nitrogens is 2. The molecule has 0 unspecified atom stereocenters. The lowest BCUT2D eigenvalue weighted by Crippen LogP contribution is -2.15. The highest BCUT2D eigenvalue weighted by Gasteiger charge is 2.15. The molecule has 0 aliphatic carbocycles. The van der Waals surface area contributed by atoms with Gasteiger partial charge in [-0.3, -0.25) is 14.9 Å². The van der Waals surface area contributed by atoms with Crippen molar-refractivity contribution in [1.82, 2.24) is 9.55 Å². The highest BCUT2D eigenvalue weighted by Crippen LogP contribution is 2.29. The van der Waals surface area contributed by atoms with Gasteiger partial charge >= 0.3 is 0 Å². The minimum atomic E-state index is -0.497. The van der Waals surface area contributed by atoms with Crippen LogP contribution < -0.4 is 5.32 Å². The van der Waals surface area contributed by atoms with E-state index in [0.717, 1.165) is 11.0 Å². The Morgan fingerprint density at radius 3 is 2.86 bits per heavy atom. The van der Waals surface area contributed by atoms with Gasteiger partial charge in [0.2, 0.25) is 5.91 Å². The Morgan fingerprint density at radius 2 is 2.17 bits per heavy atom. The lowest BCUT2D eigenvalue weighted by Gasteiger charge is -2.09. The third-order valence-corrected chi connectivity index (χ3v) is 5.83. The van der Waals surface area contributed by atoms with Crippen LogP contribution in [0.3, 0.4) is 0 Å². The second kappa shape index (κ2) is 9.57. The molecule has 3 rings (SSSR count). The standard InChI is InChI=1S/C18H16BrClN4O4S/c1-28-7-6-23-16-5-2-11(20)8-15(16)22-18(23)29-10-17(25)21-14-4-3-12(24(26)27)9-13(14)19/h2-5,8-9H,6-7,10H2,1H3,(H,21,25). The van der Waals surface area contributed by atoms with Crippen LogP contribution in [0.1, 0.15) is 0 Å². The van der Waals surface area contributed by atoms with Crippen molar-refractivity contribution in [3.8, 4) is 0 Å². The van der Waals surface area contributed by atoms with Crippen LogP contribution in [0.4, 0.5) is 11.4 Å². The SMILES string of the molecule is COCCn1c(SCC(=O)Nc2ccc([N+](=O)[O-])cc2Br)nc2cc(Cl)ccc21. The summed E-state index contributed by atoms with van der Waals surface area (Å²) in [6.45, 7) is 1.09. The van der Waals surface area contributed by atoms with Crippen LogP contribution in [0.5, 0.6) is 0 Å². The first-order chi connectivity index (χ1) is 13.9. The number of nitrogens with zero attached hydrogens (tertiary/aromatic N) is 3. The Balaban J connectivity index is 1.72. The zero-order valence-corrected chi connectivity index (χ0v) is 18.4. The Hall–Kier alpha value is -2.14. The molecule has 0 radical (unpaired) electrons. The molecule has 152 valence electrons. The summed E-state index contributed by atoms with van der Waals surface area (Å²) in [4.78, 5) is 27.3. The van der Waals surface area contributed by atoms with Gasteiger partial charge in [-0.15, -0.1) is 0 Å². The van der Waals surface area contributed by atoms with Crippen LogP contribution in [0.25, 0.3) is 11.0 Å². The van der Waals surface area contributed by atoms with Gasteiger partial charge in [0, 0.05) is 35.3 Å². The number of hydrogen-bond acceptors (Lipinski definition) is 6. The van der Waals surface area contributed by atoms with E-state index in [2.05, 4.69) is 26.2 Å². The fourth-order valence-corrected chi connectivity index (χ4v) is 4.10. The zero-order valence-electron chi connectivity index (χ0n) is 15.2. The summed E-state index contributed by atoms with van der Waals surface area (Å²) in [5.74, 6) is -0.138. The van der Waals surface area contributed by atoms with Gasteiger partial charge in [-0.05, 0) is 40.2 Å². The number of nitro groups is 1. The first-order valence-corrected chi connectivity index (χ1v) is 10.6. The van der Waals surface area contributed by atoms with E-state index in [1.807, 2.05) is 10.6 Å². The molecule has 0 atom stereocenters. The summed E-state index contributed by atoms with van der Waals surface area (Å²) in [6.07, 6.45) is 0. The van der Waals surface area contributed by atoms with Crippen molar-refractivity contribution < 1.29 is 14.5 Å². The number of imidazole rings is 1. The largest absolute Gasteiger partial charge is 0.383 e. The monoisotopic (exact) mass is 498 g/mol. The number of hydrogen-bond donors (Lipinski definition) is 1. The van der Waals surface area contributed by atoms with Gasteiger partial charge in [-0.1, -0.05) is 23.4 Å². The van der Waals surface area contributed by atoms with E-state index in [0.29, 0.717) is 33.5 Å². The third kappa shape index (κ3) is 5.27. The maximum Gasteiger partial charge on any atom is 0.270 e. The van der Waals surface area contributed by atoms with Crippen LogP contribution in [0.2, 0.25) is 5.02 Å². The summed E-state index contributed by atoms with van der Waals surface area (Å²) < 4.78 is 7.59. The number of thioether (sulfide) groups is 1. The average molecular weight is 500 g/mol. The molecular weight excluding hydrogens is 484 g/mol. The fraction of sp³-hybridized carbons (Fsp3) is 0.222. The number of benzene rings is 2. The number of nitrogens with one attached hydrogen (secondary N) is 1. The molecule has 1 heterocycles. The smallest absolute Gasteiger partial charge is 0.270 e. The maximum atomic E-state index is 12.4. The lowest BCUT2D eigenvalue weighted by molar-refractivity contribution is -0.384. The molecule has 3 aromatic rings. The molecule has 29 heavy (non-hydrogen) atoms. The van der Waals surface area contributed by atoms with E-state index in [4.69, 9.17) is 16.3 Å². The molecule has 0 saturated carbocycles. The molecule has 0 aliphatic heterocycles. The molecule has 1 N–H and O–H groups in total. The highest BCUT2D eigenvalue weighted by atomic mass is 79.9. The predicted octanol–water partition coefficient (Wildman–Crippen LogP) is 4.74. The third-order valence-electron chi connectivity index (χ3n) is 3.96. The van der Waals surface area contributed by atoms with Crippen LogP contribution in [0.15, 0.2) is 46.0 Å². The number of halogens is 2. The first kappa shape index (κ1) is 21.6. The van der Waals surface area contributed by atoms with E-state index in [1.165, 1.54) is 30.0 Å². The lowest BCUT2D eigenvalue weighted by atomic mass is 10.3. The maximum absolute atomic E-state index is 12.4. The van der Waals surface area contributed by atoms with Crippen molar-refractivity contribution in [3.63, 3.8) is 0 Å². The van der Waals surface area contributed by atoms with Gasteiger partial charge in [-0.25, -0.2) is 4.98 Å². The Kier molecular flexibility index (Phi) is 7.12. The number of rotatable bonds is 8. The summed E-state index contributed by atoms with van der Waals surface area (Å²) in [5.41, 5.74) is 2.05. The number of amides is 1. The predicted molar refractivity (Wildman–Crippen MR) is 117 cm³/mol. The van der Waals surface area contributed by atoms with Crippen LogP contribution in [0, 0.1) is 10.1 Å². The number of nitro benzene ring substituents is 1. The van der Waals surface area contributed by atoms with Crippen molar-refractivity contribution in [2.45, 2.75) is 11.7 Å². The first-order valence-electron chi connectivity index (χ1n) is 8.40. The number of fused-ring (bicyclic) bond motifs is 1. The van der Waals surface area contributed by atoms with Crippen LogP contribution in [-0.2, 0) is 16.1 Å². The summed E-state index contributed by atoms with van der Waals surface area (Å²) >= 11 is 10.6. The molecule has 0 aliphatic rings. The molecule has 0 fully saturated rings. The second-order valence-corrected chi connectivity index (χ2v) is 8.16. The average Bonchev–Trinajstić information content (AvgIpc) is 3.02. The summed E-state index contributed by atoms with van der Waals surface area (Å²) in [7, 11) is 1.62. The number of anilines is 1. The molecule has 1 aromatic heterocycles. The molecule has 2 aromatic carbocycles. The summed E-state index contributed by atoms with van der Waals surface area (Å²) in [5, 5.41) is 14.8. The molecule has 1 amide bonds. The minimum Gasteiger partial charge on any atom is -0.383 e. The minimum absolute atomic E-state index is 0.0604. The van der Waals surface area contributed by atoms with Gasteiger partial charge in [0.15, 0.2) is 5.16 Å². The number of carbonyl (C=O) groups is 1. The molecule has 0 saturated heterocycles. The Morgan fingerprint density at radius 1 is 1.38 bits per heavy atom. The normalized spacial score (nSPS) is 11.0. The van der Waals surface area contributed by atoms with E-state index < -0.39 is 4.92 Å². The van der Waals surface area contributed by atoms with E-state index >= 15 is 0 Å². The van der Waals surface area contributed by atoms with Crippen molar-refractivity contribution in [2.75, 3.05) is 24.8 Å². The molecule has 8 nitrogen and oxygen atoms in total. The summed E-state index contributed by atoms with van der Waals surface area (Å²) in [6, 6.07) is 9.62. The highest BCUT2D eigenvalue weighted by molar-refractivity contribution is 9.10. The topological polar surface area (TPSA) is 99.3 Å². The molecular formula is C18H16BrClN4O4S.